The lowest BCUT2D eigenvalue weighted by Gasteiger charge is -2.21. The van der Waals surface area contributed by atoms with Gasteiger partial charge in [0.15, 0.2) is 6.10 Å². The van der Waals surface area contributed by atoms with Crippen LogP contribution in [0.5, 0.6) is 0 Å². The number of phosphoric acid groups is 1. The molecule has 12 heteroatoms. The molecule has 11 nitrogen and oxygen atoms in total. The topological polar surface area (TPSA) is 155 Å². The van der Waals surface area contributed by atoms with Crippen LogP contribution in [0.25, 0.3) is 0 Å². The van der Waals surface area contributed by atoms with Gasteiger partial charge in [0.05, 0.1) is 19.8 Å². The molecule has 0 aromatic heterocycles. The SMILES string of the molecule is CC/C=C\C/C=C\C/C=C\C/C=C\CCC(=O)OCC(COP(=O)(O)OCC(CO)OC(=O)CCCCCCC/C=C\CCCCCCCC)OC(=O)CCCCCCCCCCC/C=C\C/C=C\CCCCC. The maximum atomic E-state index is 12.9. The Kier molecular flexibility index (Phi) is 53.4. The number of hydrogen-bond acceptors (Lipinski definition) is 10. The summed E-state index contributed by atoms with van der Waals surface area (Å²) < 4.78 is 39.4. The Hall–Kier alpha value is -3.34. The molecule has 0 aromatic rings. The summed E-state index contributed by atoms with van der Waals surface area (Å²) in [5.41, 5.74) is 0. The third-order valence-corrected chi connectivity index (χ3v) is 13.2. The zero-order chi connectivity index (χ0) is 54.1. The van der Waals surface area contributed by atoms with Crippen molar-refractivity contribution in [1.82, 2.24) is 0 Å². The fraction of sp³-hybridized carbons (Fsp3) is 0.726. The van der Waals surface area contributed by atoms with Crippen LogP contribution >= 0.6 is 7.82 Å². The van der Waals surface area contributed by atoms with E-state index in [1.807, 2.05) is 12.2 Å². The molecule has 0 saturated carbocycles. The maximum absolute atomic E-state index is 12.9. The van der Waals surface area contributed by atoms with Crippen molar-refractivity contribution < 1.29 is 52.2 Å². The highest BCUT2D eigenvalue weighted by Crippen LogP contribution is 2.43. The van der Waals surface area contributed by atoms with E-state index in [2.05, 4.69) is 93.7 Å². The van der Waals surface area contributed by atoms with E-state index < -0.39 is 57.8 Å². The monoisotopic (exact) mass is 1060 g/mol. The smallest absolute Gasteiger partial charge is 0.462 e. The van der Waals surface area contributed by atoms with Gasteiger partial charge in [-0.1, -0.05) is 215 Å². The molecule has 0 heterocycles. The molecule has 0 aliphatic heterocycles. The van der Waals surface area contributed by atoms with Crippen LogP contribution < -0.4 is 0 Å². The molecule has 0 aromatic carbocycles. The third-order valence-electron chi connectivity index (χ3n) is 12.3. The number of unbranched alkanes of at least 4 members (excludes halogenated alkanes) is 23. The van der Waals surface area contributed by atoms with Gasteiger partial charge in [-0.3, -0.25) is 23.4 Å². The van der Waals surface area contributed by atoms with Crippen molar-refractivity contribution in [3.63, 3.8) is 0 Å². The number of rotatable bonds is 54. The van der Waals surface area contributed by atoms with E-state index >= 15 is 0 Å². The number of phosphoric ester groups is 1. The molecule has 0 fully saturated rings. The number of carbonyl (C=O) groups is 3. The van der Waals surface area contributed by atoms with E-state index in [1.165, 1.54) is 96.3 Å². The van der Waals surface area contributed by atoms with Gasteiger partial charge >= 0.3 is 25.7 Å². The molecule has 0 radical (unpaired) electrons. The summed E-state index contributed by atoms with van der Waals surface area (Å²) in [5, 5.41) is 9.82. The second-order valence-electron chi connectivity index (χ2n) is 19.4. The molecule has 0 spiro atoms. The fourth-order valence-electron chi connectivity index (χ4n) is 7.81. The zero-order valence-electron chi connectivity index (χ0n) is 47.0. The average Bonchev–Trinajstić information content (AvgIpc) is 3.39. The van der Waals surface area contributed by atoms with E-state index in [1.54, 1.807) is 0 Å². The number of hydrogen-bond donors (Lipinski definition) is 2. The second kappa shape index (κ2) is 55.9. The van der Waals surface area contributed by atoms with Crippen LogP contribution in [0.15, 0.2) is 85.1 Å². The third kappa shape index (κ3) is 53.5. The molecule has 426 valence electrons. The Morgan fingerprint density at radius 2 is 0.730 bits per heavy atom. The predicted octanol–water partition coefficient (Wildman–Crippen LogP) is 17.5. The number of carbonyl (C=O) groups excluding carboxylic acids is 3. The number of aliphatic hydroxyl groups is 1. The van der Waals surface area contributed by atoms with Gasteiger partial charge in [0.1, 0.15) is 12.7 Å². The molecule has 2 N–H and O–H groups in total. The summed E-state index contributed by atoms with van der Waals surface area (Å²) in [6, 6.07) is 0. The Labute approximate surface area is 451 Å². The van der Waals surface area contributed by atoms with Crippen LogP contribution in [0.3, 0.4) is 0 Å². The van der Waals surface area contributed by atoms with Gasteiger partial charge < -0.3 is 24.2 Å². The van der Waals surface area contributed by atoms with E-state index in [4.69, 9.17) is 23.3 Å². The molecular weight excluding hydrogens is 952 g/mol. The highest BCUT2D eigenvalue weighted by Gasteiger charge is 2.28. The number of ether oxygens (including phenoxy) is 3. The summed E-state index contributed by atoms with van der Waals surface area (Å²) in [4.78, 5) is 48.5. The van der Waals surface area contributed by atoms with E-state index in [-0.39, 0.29) is 25.9 Å². The Morgan fingerprint density at radius 3 is 1.18 bits per heavy atom. The summed E-state index contributed by atoms with van der Waals surface area (Å²) in [6.07, 6.45) is 64.1. The maximum Gasteiger partial charge on any atom is 0.472 e. The lowest BCUT2D eigenvalue weighted by molar-refractivity contribution is -0.161. The van der Waals surface area contributed by atoms with Crippen LogP contribution in [0, 0.1) is 0 Å². The molecular formula is C62H107O11P. The summed E-state index contributed by atoms with van der Waals surface area (Å²) in [6.45, 7) is 4.41. The van der Waals surface area contributed by atoms with Gasteiger partial charge in [0.25, 0.3) is 0 Å². The zero-order valence-corrected chi connectivity index (χ0v) is 47.9. The van der Waals surface area contributed by atoms with Crippen molar-refractivity contribution in [3.8, 4) is 0 Å². The Morgan fingerprint density at radius 1 is 0.392 bits per heavy atom. The largest absolute Gasteiger partial charge is 0.472 e. The van der Waals surface area contributed by atoms with Gasteiger partial charge in [-0.2, -0.15) is 0 Å². The molecule has 0 saturated heterocycles. The van der Waals surface area contributed by atoms with Crippen molar-refractivity contribution >= 4 is 25.7 Å². The lowest BCUT2D eigenvalue weighted by atomic mass is 10.1. The van der Waals surface area contributed by atoms with E-state index in [0.29, 0.717) is 19.3 Å². The normalized spacial score (nSPS) is 14.0. The van der Waals surface area contributed by atoms with Crippen molar-refractivity contribution in [3.05, 3.63) is 85.1 Å². The minimum Gasteiger partial charge on any atom is -0.462 e. The van der Waals surface area contributed by atoms with Crippen molar-refractivity contribution in [2.24, 2.45) is 0 Å². The molecule has 0 aliphatic carbocycles. The number of aliphatic hydroxyl groups excluding tert-OH is 1. The van der Waals surface area contributed by atoms with Crippen LogP contribution in [0.4, 0.5) is 0 Å². The molecule has 3 atom stereocenters. The van der Waals surface area contributed by atoms with Gasteiger partial charge in [-0.05, 0) is 103 Å². The van der Waals surface area contributed by atoms with E-state index in [0.717, 1.165) is 96.3 Å². The van der Waals surface area contributed by atoms with Crippen LogP contribution in [0.2, 0.25) is 0 Å². The number of allylic oxidation sites excluding steroid dienone is 14. The second-order valence-corrected chi connectivity index (χ2v) is 20.9. The standard InChI is InChI=1S/C62H107O11P/c1-4-7-10-13-16-19-22-25-27-28-29-30-32-35-38-41-44-47-50-53-62(66)73-59(55-69-60(64)51-48-45-42-39-36-33-24-21-18-15-12-9-6-3)57-71-74(67,68)70-56-58(54-63)72-61(65)52-49-46-43-40-37-34-31-26-23-20-17-14-11-8-5-2/h9,12,16,18-19,21,25-27,31,33,36,42,45,58-59,63H,4-8,10-11,13-15,17,20,22-24,28-30,32,34-35,37-41,43-44,46-57H2,1-3H3,(H,67,68)/b12-9-,19-16-,21-18-,27-25-,31-26-,36-33-,45-42-. The summed E-state index contributed by atoms with van der Waals surface area (Å²) in [7, 11) is -4.77. The molecule has 0 aliphatic rings. The summed E-state index contributed by atoms with van der Waals surface area (Å²) in [5.74, 6) is -1.57. The van der Waals surface area contributed by atoms with Crippen molar-refractivity contribution in [2.75, 3.05) is 26.4 Å². The first-order valence-electron chi connectivity index (χ1n) is 29.5. The summed E-state index contributed by atoms with van der Waals surface area (Å²) >= 11 is 0. The first-order valence-corrected chi connectivity index (χ1v) is 31.0. The molecule has 74 heavy (non-hydrogen) atoms. The van der Waals surface area contributed by atoms with Gasteiger partial charge in [-0.25, -0.2) is 4.57 Å². The van der Waals surface area contributed by atoms with Crippen LogP contribution in [0.1, 0.15) is 252 Å². The molecule has 0 amide bonds. The molecule has 0 bridgehead atoms. The van der Waals surface area contributed by atoms with Crippen molar-refractivity contribution in [1.29, 1.82) is 0 Å². The highest BCUT2D eigenvalue weighted by molar-refractivity contribution is 7.47. The first kappa shape index (κ1) is 70.7. The predicted molar refractivity (Wildman–Crippen MR) is 307 cm³/mol. The minimum absolute atomic E-state index is 0.102. The minimum atomic E-state index is -4.77. The molecule has 3 unspecified atom stereocenters. The lowest BCUT2D eigenvalue weighted by Crippen LogP contribution is -2.30. The quantitative estimate of drug-likeness (QED) is 0.0197. The highest BCUT2D eigenvalue weighted by atomic mass is 31.2. The van der Waals surface area contributed by atoms with Gasteiger partial charge in [0, 0.05) is 19.3 Å². The first-order chi connectivity index (χ1) is 36.2. The Bertz CT molecular complexity index is 1560. The van der Waals surface area contributed by atoms with E-state index in [9.17, 15) is 28.9 Å². The van der Waals surface area contributed by atoms with Crippen molar-refractivity contribution in [2.45, 2.75) is 264 Å². The average molecular weight is 1060 g/mol. The van der Waals surface area contributed by atoms with Gasteiger partial charge in [0.2, 0.25) is 0 Å². The van der Waals surface area contributed by atoms with Crippen LogP contribution in [-0.2, 0) is 42.2 Å². The fourth-order valence-corrected chi connectivity index (χ4v) is 8.59. The Balaban J connectivity index is 4.77. The number of esters is 3. The van der Waals surface area contributed by atoms with Gasteiger partial charge in [-0.15, -0.1) is 0 Å². The molecule has 0 rings (SSSR count). The van der Waals surface area contributed by atoms with Crippen LogP contribution in [-0.4, -0.2) is 66.5 Å².